The van der Waals surface area contributed by atoms with E-state index < -0.39 is 5.97 Å². The van der Waals surface area contributed by atoms with Gasteiger partial charge in [-0.3, -0.25) is 14.6 Å². The molecular weight excluding hydrogens is 180 g/mol. The molecule has 1 N–H and O–H groups in total. The van der Waals surface area contributed by atoms with Crippen molar-refractivity contribution in [2.24, 2.45) is 0 Å². The Hall–Kier alpha value is -0.610. The summed E-state index contributed by atoms with van der Waals surface area (Å²) >= 11 is 0. The van der Waals surface area contributed by atoms with E-state index in [0.29, 0.717) is 0 Å². The summed E-state index contributed by atoms with van der Waals surface area (Å²) < 4.78 is 0. The SMILES string of the molecule is CC(C(=O)O)N1CCN(C2CC2)CC1. The Morgan fingerprint density at radius 3 is 2.29 bits per heavy atom. The quantitative estimate of drug-likeness (QED) is 0.705. The molecule has 0 amide bonds. The van der Waals surface area contributed by atoms with E-state index in [2.05, 4.69) is 9.80 Å². The summed E-state index contributed by atoms with van der Waals surface area (Å²) in [7, 11) is 0. The first kappa shape index (κ1) is 9.93. The van der Waals surface area contributed by atoms with Gasteiger partial charge in [0.2, 0.25) is 0 Å². The highest BCUT2D eigenvalue weighted by molar-refractivity contribution is 5.72. The first-order valence-electron chi connectivity index (χ1n) is 5.39. The highest BCUT2D eigenvalue weighted by atomic mass is 16.4. The van der Waals surface area contributed by atoms with Crippen molar-refractivity contribution in [3.05, 3.63) is 0 Å². The van der Waals surface area contributed by atoms with Crippen LogP contribution < -0.4 is 0 Å². The van der Waals surface area contributed by atoms with Crippen LogP contribution in [0.3, 0.4) is 0 Å². The Kier molecular flexibility index (Phi) is 2.74. The van der Waals surface area contributed by atoms with Gasteiger partial charge < -0.3 is 5.11 Å². The molecule has 1 aliphatic carbocycles. The van der Waals surface area contributed by atoms with E-state index in [9.17, 15) is 4.79 Å². The van der Waals surface area contributed by atoms with Gasteiger partial charge in [0.25, 0.3) is 0 Å². The van der Waals surface area contributed by atoms with Crippen molar-refractivity contribution < 1.29 is 9.90 Å². The summed E-state index contributed by atoms with van der Waals surface area (Å²) in [6.07, 6.45) is 2.68. The lowest BCUT2D eigenvalue weighted by atomic mass is 10.2. The first-order chi connectivity index (χ1) is 6.68. The average Bonchev–Trinajstić information content (AvgIpc) is 3.00. The molecular formula is C10H18N2O2. The molecule has 1 atom stereocenters. The minimum absolute atomic E-state index is 0.323. The second-order valence-corrected chi connectivity index (χ2v) is 4.32. The van der Waals surface area contributed by atoms with Gasteiger partial charge in [-0.05, 0) is 19.8 Å². The van der Waals surface area contributed by atoms with Crippen LogP contribution in [-0.2, 0) is 4.79 Å². The zero-order valence-corrected chi connectivity index (χ0v) is 8.65. The van der Waals surface area contributed by atoms with E-state index in [-0.39, 0.29) is 6.04 Å². The molecule has 0 aromatic carbocycles. The summed E-state index contributed by atoms with van der Waals surface area (Å²) in [5.74, 6) is -0.704. The molecule has 1 heterocycles. The molecule has 0 radical (unpaired) electrons. The maximum atomic E-state index is 10.8. The van der Waals surface area contributed by atoms with Crippen molar-refractivity contribution in [2.75, 3.05) is 26.2 Å². The Morgan fingerprint density at radius 1 is 1.29 bits per heavy atom. The normalized spacial score (nSPS) is 27.5. The lowest BCUT2D eigenvalue weighted by Crippen LogP contribution is -2.52. The van der Waals surface area contributed by atoms with Crippen molar-refractivity contribution in [1.29, 1.82) is 0 Å². The van der Waals surface area contributed by atoms with Gasteiger partial charge in [-0.1, -0.05) is 0 Å². The van der Waals surface area contributed by atoms with Crippen molar-refractivity contribution >= 4 is 5.97 Å². The lowest BCUT2D eigenvalue weighted by Gasteiger charge is -2.36. The first-order valence-corrected chi connectivity index (χ1v) is 5.39. The van der Waals surface area contributed by atoms with Crippen LogP contribution in [-0.4, -0.2) is 59.1 Å². The number of rotatable bonds is 3. The van der Waals surface area contributed by atoms with Gasteiger partial charge in [0.05, 0.1) is 0 Å². The Bertz CT molecular complexity index is 220. The van der Waals surface area contributed by atoms with Gasteiger partial charge in [0.15, 0.2) is 0 Å². The third-order valence-corrected chi connectivity index (χ3v) is 3.32. The zero-order chi connectivity index (χ0) is 10.1. The smallest absolute Gasteiger partial charge is 0.320 e. The van der Waals surface area contributed by atoms with Crippen LogP contribution in [0.5, 0.6) is 0 Å². The molecule has 1 saturated heterocycles. The molecule has 0 aromatic rings. The Balaban J connectivity index is 1.79. The number of hydrogen-bond acceptors (Lipinski definition) is 3. The van der Waals surface area contributed by atoms with E-state index in [0.717, 1.165) is 32.2 Å². The van der Waals surface area contributed by atoms with Crippen molar-refractivity contribution in [2.45, 2.75) is 31.8 Å². The largest absolute Gasteiger partial charge is 0.480 e. The molecule has 1 aliphatic heterocycles. The highest BCUT2D eigenvalue weighted by Crippen LogP contribution is 2.27. The Morgan fingerprint density at radius 2 is 1.86 bits per heavy atom. The maximum absolute atomic E-state index is 10.8. The second kappa shape index (κ2) is 3.87. The van der Waals surface area contributed by atoms with Crippen LogP contribution in [0.1, 0.15) is 19.8 Å². The summed E-state index contributed by atoms with van der Waals surface area (Å²) in [6.45, 7) is 5.67. The molecule has 0 aromatic heterocycles. The molecule has 80 valence electrons. The molecule has 2 rings (SSSR count). The third-order valence-electron chi connectivity index (χ3n) is 3.32. The van der Waals surface area contributed by atoms with Gasteiger partial charge in [0.1, 0.15) is 6.04 Å². The highest BCUT2D eigenvalue weighted by Gasteiger charge is 2.33. The van der Waals surface area contributed by atoms with Crippen LogP contribution in [0.25, 0.3) is 0 Å². The van der Waals surface area contributed by atoms with Crippen LogP contribution in [0.15, 0.2) is 0 Å². The van der Waals surface area contributed by atoms with Crippen LogP contribution in [0, 0.1) is 0 Å². The molecule has 4 nitrogen and oxygen atoms in total. The van der Waals surface area contributed by atoms with E-state index in [1.54, 1.807) is 6.92 Å². The summed E-state index contributed by atoms with van der Waals surface area (Å²) in [6, 6.07) is 0.494. The number of carboxylic acids is 1. The van der Waals surface area contributed by atoms with Crippen LogP contribution >= 0.6 is 0 Å². The van der Waals surface area contributed by atoms with Gasteiger partial charge in [-0.25, -0.2) is 0 Å². The minimum atomic E-state index is -0.704. The number of piperazine rings is 1. The molecule has 1 unspecified atom stereocenters. The second-order valence-electron chi connectivity index (χ2n) is 4.32. The van der Waals surface area contributed by atoms with Gasteiger partial charge in [-0.15, -0.1) is 0 Å². The monoisotopic (exact) mass is 198 g/mol. The number of nitrogens with zero attached hydrogens (tertiary/aromatic N) is 2. The van der Waals surface area contributed by atoms with Crippen molar-refractivity contribution in [1.82, 2.24) is 9.80 Å². The van der Waals surface area contributed by atoms with Crippen molar-refractivity contribution in [3.8, 4) is 0 Å². The number of hydrogen-bond donors (Lipinski definition) is 1. The predicted octanol–water partition coefficient (Wildman–Crippen LogP) is 0.239. The van der Waals surface area contributed by atoms with Crippen molar-refractivity contribution in [3.63, 3.8) is 0 Å². The molecule has 0 spiro atoms. The summed E-state index contributed by atoms with van der Waals surface area (Å²) in [5, 5.41) is 8.87. The average molecular weight is 198 g/mol. The topological polar surface area (TPSA) is 43.8 Å². The fourth-order valence-electron chi connectivity index (χ4n) is 2.09. The molecule has 14 heavy (non-hydrogen) atoms. The Labute approximate surface area is 84.5 Å². The standard InChI is InChI=1S/C10H18N2O2/c1-8(10(13)14)11-4-6-12(7-5-11)9-2-3-9/h8-9H,2-7H2,1H3,(H,13,14). The number of carboxylic acid groups (broad SMARTS) is 1. The van der Waals surface area contributed by atoms with Crippen LogP contribution in [0.4, 0.5) is 0 Å². The van der Waals surface area contributed by atoms with E-state index >= 15 is 0 Å². The fourth-order valence-corrected chi connectivity index (χ4v) is 2.09. The zero-order valence-electron chi connectivity index (χ0n) is 8.65. The van der Waals surface area contributed by atoms with Crippen LogP contribution in [0.2, 0.25) is 0 Å². The van der Waals surface area contributed by atoms with Gasteiger partial charge >= 0.3 is 5.97 Å². The number of aliphatic carboxylic acids is 1. The van der Waals surface area contributed by atoms with Gasteiger partial charge in [0, 0.05) is 32.2 Å². The molecule has 1 saturated carbocycles. The van der Waals surface area contributed by atoms with E-state index in [1.807, 2.05) is 0 Å². The molecule has 0 bridgehead atoms. The minimum Gasteiger partial charge on any atom is -0.480 e. The third kappa shape index (κ3) is 2.07. The lowest BCUT2D eigenvalue weighted by molar-refractivity contribution is -0.143. The van der Waals surface area contributed by atoms with Gasteiger partial charge in [-0.2, -0.15) is 0 Å². The molecule has 4 heteroatoms. The molecule has 2 aliphatic rings. The van der Waals surface area contributed by atoms with E-state index in [4.69, 9.17) is 5.11 Å². The number of carbonyl (C=O) groups is 1. The summed E-state index contributed by atoms with van der Waals surface area (Å²) in [4.78, 5) is 15.3. The van der Waals surface area contributed by atoms with E-state index in [1.165, 1.54) is 12.8 Å². The fraction of sp³-hybridized carbons (Fsp3) is 0.900. The maximum Gasteiger partial charge on any atom is 0.320 e. The summed E-state index contributed by atoms with van der Waals surface area (Å²) in [5.41, 5.74) is 0. The molecule has 2 fully saturated rings. The predicted molar refractivity (Wildman–Crippen MR) is 53.3 cm³/mol.